The van der Waals surface area contributed by atoms with E-state index in [9.17, 15) is 10.2 Å². The summed E-state index contributed by atoms with van der Waals surface area (Å²) in [5, 5.41) is 21.3. The maximum Gasteiger partial charge on any atom is 0.120 e. The van der Waals surface area contributed by atoms with E-state index < -0.39 is 0 Å². The Hall–Kier alpha value is -2.53. The van der Waals surface area contributed by atoms with Gasteiger partial charge in [-0.3, -0.25) is 9.80 Å². The second-order valence-electron chi connectivity index (χ2n) is 7.60. The lowest BCUT2D eigenvalue weighted by atomic mass is 10.1. The first kappa shape index (κ1) is 19.8. The van der Waals surface area contributed by atoms with Crippen LogP contribution in [0.1, 0.15) is 29.8 Å². The van der Waals surface area contributed by atoms with E-state index in [1.165, 1.54) is 0 Å². The van der Waals surface area contributed by atoms with Crippen LogP contribution in [0.25, 0.3) is 0 Å². The van der Waals surface area contributed by atoms with Crippen molar-refractivity contribution in [1.29, 1.82) is 0 Å². The second-order valence-corrected chi connectivity index (χ2v) is 8.01. The van der Waals surface area contributed by atoms with Gasteiger partial charge in [0.25, 0.3) is 0 Å². The van der Waals surface area contributed by atoms with E-state index in [1.54, 1.807) is 12.1 Å². The van der Waals surface area contributed by atoms with Gasteiger partial charge in [0.1, 0.15) is 11.5 Å². The highest BCUT2D eigenvalue weighted by Gasteiger charge is 2.39. The summed E-state index contributed by atoms with van der Waals surface area (Å²) in [5.41, 5.74) is 2.81. The molecule has 29 heavy (non-hydrogen) atoms. The molecule has 0 aromatic heterocycles. The maximum atomic E-state index is 10.3. The van der Waals surface area contributed by atoms with Gasteiger partial charge in [-0.2, -0.15) is 0 Å². The molecule has 0 aliphatic carbocycles. The fourth-order valence-corrected chi connectivity index (χ4v) is 4.39. The van der Waals surface area contributed by atoms with Crippen molar-refractivity contribution in [3.63, 3.8) is 0 Å². The Morgan fingerprint density at radius 3 is 2.00 bits per heavy atom. The zero-order valence-electron chi connectivity index (χ0n) is 16.4. The largest absolute Gasteiger partial charge is 0.508 e. The number of hydrogen-bond acceptors (Lipinski definition) is 4. The van der Waals surface area contributed by atoms with Crippen LogP contribution in [0.4, 0.5) is 0 Å². The standard InChI is InChI=1S/C24H25ClN2O2/c1-17-14-26(15-18-8-2-6-12-22(18)28)24(20-10-4-5-11-21(20)25)27(17)16-19-9-3-7-13-23(19)29/h2-13,17,24,28-29H,14-16H2,1H3. The van der Waals surface area contributed by atoms with Crippen LogP contribution in [0, 0.1) is 0 Å². The van der Waals surface area contributed by atoms with Gasteiger partial charge in [-0.15, -0.1) is 0 Å². The number of nitrogens with zero attached hydrogens (tertiary/aromatic N) is 2. The van der Waals surface area contributed by atoms with Gasteiger partial charge in [0.2, 0.25) is 0 Å². The third-order valence-corrected chi connectivity index (χ3v) is 5.96. The van der Waals surface area contributed by atoms with Crippen molar-refractivity contribution in [2.24, 2.45) is 0 Å². The molecule has 1 fully saturated rings. The molecule has 1 aliphatic heterocycles. The van der Waals surface area contributed by atoms with Crippen LogP contribution in [-0.2, 0) is 13.1 Å². The summed E-state index contributed by atoms with van der Waals surface area (Å²) in [4.78, 5) is 4.69. The van der Waals surface area contributed by atoms with Crippen molar-refractivity contribution in [2.45, 2.75) is 32.2 Å². The predicted molar refractivity (Wildman–Crippen MR) is 116 cm³/mol. The van der Waals surface area contributed by atoms with Crippen molar-refractivity contribution >= 4 is 11.6 Å². The number of benzene rings is 3. The molecule has 0 saturated carbocycles. The van der Waals surface area contributed by atoms with Crippen molar-refractivity contribution < 1.29 is 10.2 Å². The third kappa shape index (κ3) is 4.10. The van der Waals surface area contributed by atoms with Crippen LogP contribution in [-0.4, -0.2) is 32.6 Å². The summed E-state index contributed by atoms with van der Waals surface area (Å²) >= 11 is 6.60. The molecule has 150 valence electrons. The van der Waals surface area contributed by atoms with Gasteiger partial charge in [-0.1, -0.05) is 66.2 Å². The van der Waals surface area contributed by atoms with Crippen molar-refractivity contribution in [3.8, 4) is 11.5 Å². The SMILES string of the molecule is CC1CN(Cc2ccccc2O)C(c2ccccc2Cl)N1Cc1ccccc1O. The fourth-order valence-electron chi connectivity index (χ4n) is 4.15. The number of aromatic hydroxyl groups is 2. The Balaban J connectivity index is 1.71. The number of halogens is 1. The zero-order valence-corrected chi connectivity index (χ0v) is 17.1. The average molecular weight is 409 g/mol. The lowest BCUT2D eigenvalue weighted by Crippen LogP contribution is -2.32. The van der Waals surface area contributed by atoms with Crippen molar-refractivity contribution in [2.75, 3.05) is 6.54 Å². The van der Waals surface area contributed by atoms with E-state index in [1.807, 2.05) is 54.6 Å². The van der Waals surface area contributed by atoms with Gasteiger partial charge in [-0.25, -0.2) is 0 Å². The molecule has 1 saturated heterocycles. The second kappa shape index (κ2) is 8.46. The number of rotatable bonds is 5. The molecule has 1 heterocycles. The van der Waals surface area contributed by atoms with E-state index in [4.69, 9.17) is 11.6 Å². The molecule has 0 amide bonds. The normalized spacial score (nSPS) is 20.2. The molecular weight excluding hydrogens is 384 g/mol. The van der Waals surface area contributed by atoms with Crippen molar-refractivity contribution in [1.82, 2.24) is 9.80 Å². The van der Waals surface area contributed by atoms with Gasteiger partial charge in [-0.05, 0) is 25.1 Å². The first-order valence-corrected chi connectivity index (χ1v) is 10.2. The first-order valence-electron chi connectivity index (χ1n) is 9.82. The Kier molecular flexibility index (Phi) is 5.76. The summed E-state index contributed by atoms with van der Waals surface area (Å²) in [7, 11) is 0. The van der Waals surface area contributed by atoms with Crippen LogP contribution in [0.15, 0.2) is 72.8 Å². The van der Waals surface area contributed by atoms with E-state index in [0.29, 0.717) is 24.6 Å². The minimum Gasteiger partial charge on any atom is -0.508 e. The molecule has 4 rings (SSSR count). The summed E-state index contributed by atoms with van der Waals surface area (Å²) in [6.45, 7) is 4.25. The van der Waals surface area contributed by atoms with Crippen LogP contribution in [0.5, 0.6) is 11.5 Å². The molecule has 5 heteroatoms. The molecule has 3 aromatic rings. The molecule has 2 unspecified atom stereocenters. The average Bonchev–Trinajstić information content (AvgIpc) is 3.01. The van der Waals surface area contributed by atoms with Gasteiger partial charge in [0.15, 0.2) is 0 Å². The Bertz CT molecular complexity index is 994. The minimum absolute atomic E-state index is 0.0575. The van der Waals surface area contributed by atoms with Crippen LogP contribution >= 0.6 is 11.6 Å². The number of phenolic OH excluding ortho intramolecular Hbond substituents is 2. The lowest BCUT2D eigenvalue weighted by molar-refractivity contribution is 0.111. The topological polar surface area (TPSA) is 46.9 Å². The summed E-state index contributed by atoms with van der Waals surface area (Å²) in [6, 6.07) is 23.1. The highest BCUT2D eigenvalue weighted by atomic mass is 35.5. The smallest absolute Gasteiger partial charge is 0.120 e. The molecule has 0 spiro atoms. The number of hydrogen-bond donors (Lipinski definition) is 2. The molecular formula is C24H25ClN2O2. The van der Waals surface area contributed by atoms with E-state index in [2.05, 4.69) is 22.8 Å². The lowest BCUT2D eigenvalue weighted by Gasteiger charge is -2.32. The summed E-state index contributed by atoms with van der Waals surface area (Å²) in [6.07, 6.45) is -0.0575. The fraction of sp³-hybridized carbons (Fsp3) is 0.250. The Labute approximate surface area is 176 Å². The summed E-state index contributed by atoms with van der Waals surface area (Å²) < 4.78 is 0. The highest BCUT2D eigenvalue weighted by Crippen LogP contribution is 2.40. The quantitative estimate of drug-likeness (QED) is 0.612. The van der Waals surface area contributed by atoms with Gasteiger partial charge in [0.05, 0.1) is 6.17 Å². The monoisotopic (exact) mass is 408 g/mol. The van der Waals surface area contributed by atoms with Crippen LogP contribution < -0.4 is 0 Å². The predicted octanol–water partition coefficient (Wildman–Crippen LogP) is 5.16. The molecule has 4 nitrogen and oxygen atoms in total. The van der Waals surface area contributed by atoms with E-state index in [-0.39, 0.29) is 12.2 Å². The van der Waals surface area contributed by atoms with Gasteiger partial charge in [0, 0.05) is 47.4 Å². The molecule has 2 atom stereocenters. The van der Waals surface area contributed by atoms with Gasteiger partial charge < -0.3 is 10.2 Å². The van der Waals surface area contributed by atoms with E-state index >= 15 is 0 Å². The first-order chi connectivity index (χ1) is 14.0. The van der Waals surface area contributed by atoms with Crippen LogP contribution in [0.3, 0.4) is 0 Å². The van der Waals surface area contributed by atoms with E-state index in [0.717, 1.165) is 28.3 Å². The molecule has 1 aliphatic rings. The Morgan fingerprint density at radius 1 is 0.828 bits per heavy atom. The molecule has 0 bridgehead atoms. The molecule has 3 aromatic carbocycles. The summed E-state index contributed by atoms with van der Waals surface area (Å²) in [5.74, 6) is 0.606. The third-order valence-electron chi connectivity index (χ3n) is 5.62. The molecule has 0 radical (unpaired) electrons. The maximum absolute atomic E-state index is 10.3. The van der Waals surface area contributed by atoms with Crippen LogP contribution in [0.2, 0.25) is 5.02 Å². The molecule has 2 N–H and O–H groups in total. The highest BCUT2D eigenvalue weighted by molar-refractivity contribution is 6.31. The number of para-hydroxylation sites is 2. The minimum atomic E-state index is -0.0575. The van der Waals surface area contributed by atoms with Gasteiger partial charge >= 0.3 is 0 Å². The van der Waals surface area contributed by atoms with Crippen molar-refractivity contribution in [3.05, 3.63) is 94.5 Å². The Morgan fingerprint density at radius 2 is 1.38 bits per heavy atom. The number of phenols is 2. The zero-order chi connectivity index (χ0) is 20.4.